The molecule has 5 nitrogen and oxygen atoms in total. The first-order valence-electron chi connectivity index (χ1n) is 10.2. The van der Waals surface area contributed by atoms with E-state index in [1.165, 1.54) is 6.07 Å². The Kier molecular flexibility index (Phi) is 5.73. The Labute approximate surface area is 186 Å². The molecule has 0 aliphatic heterocycles. The standard InChI is InChI=1S/C24H19F4NO4/c25-19-12-16(24(26,27)28)8-6-15(19)13-33-20-17-5-2-1-4-14(17)7-9-18(20)21(30)29-23(22(31)32)10-3-11-23/h1-2,4-9,12H,3,10-11,13H2,(H,29,30)(H,31,32). The molecule has 0 atom stereocenters. The van der Waals surface area contributed by atoms with Gasteiger partial charge in [-0.25, -0.2) is 9.18 Å². The first kappa shape index (κ1) is 22.6. The lowest BCUT2D eigenvalue weighted by Crippen LogP contribution is -2.59. The summed E-state index contributed by atoms with van der Waals surface area (Å²) in [7, 11) is 0. The number of aliphatic carboxylic acids is 1. The number of carbonyl (C=O) groups excluding carboxylic acids is 1. The van der Waals surface area contributed by atoms with Gasteiger partial charge in [0.15, 0.2) is 0 Å². The quantitative estimate of drug-likeness (QED) is 0.488. The van der Waals surface area contributed by atoms with Crippen molar-refractivity contribution in [1.82, 2.24) is 5.32 Å². The van der Waals surface area contributed by atoms with Crippen molar-refractivity contribution in [3.05, 3.63) is 77.1 Å². The topological polar surface area (TPSA) is 75.6 Å². The maximum atomic E-state index is 14.3. The highest BCUT2D eigenvalue weighted by molar-refractivity contribution is 6.05. The summed E-state index contributed by atoms with van der Waals surface area (Å²) in [4.78, 5) is 24.6. The van der Waals surface area contributed by atoms with Gasteiger partial charge in [0.2, 0.25) is 0 Å². The number of ether oxygens (including phenoxy) is 1. The fourth-order valence-electron chi connectivity index (χ4n) is 3.78. The Hall–Kier alpha value is -3.62. The predicted octanol–water partition coefficient (Wildman–Crippen LogP) is 5.31. The molecule has 0 saturated heterocycles. The van der Waals surface area contributed by atoms with E-state index in [2.05, 4.69) is 5.32 Å². The SMILES string of the molecule is O=C(NC1(C(=O)O)CCC1)c1ccc2ccccc2c1OCc1ccc(C(F)(F)F)cc1F. The Balaban J connectivity index is 1.66. The number of fused-ring (bicyclic) bond motifs is 1. The summed E-state index contributed by atoms with van der Waals surface area (Å²) in [6.45, 7) is -0.428. The van der Waals surface area contributed by atoms with E-state index >= 15 is 0 Å². The zero-order chi connectivity index (χ0) is 23.8. The average molecular weight is 461 g/mol. The van der Waals surface area contributed by atoms with Gasteiger partial charge in [-0.2, -0.15) is 13.2 Å². The minimum absolute atomic E-state index is 0.0496. The van der Waals surface area contributed by atoms with Gasteiger partial charge < -0.3 is 15.2 Å². The molecule has 0 bridgehead atoms. The van der Waals surface area contributed by atoms with Crippen molar-refractivity contribution in [3.63, 3.8) is 0 Å². The monoisotopic (exact) mass is 461 g/mol. The summed E-state index contributed by atoms with van der Waals surface area (Å²) in [5.41, 5.74) is -2.54. The van der Waals surface area contributed by atoms with Gasteiger partial charge >= 0.3 is 12.1 Å². The van der Waals surface area contributed by atoms with Gasteiger partial charge in [0.1, 0.15) is 23.7 Å². The van der Waals surface area contributed by atoms with E-state index in [1.54, 1.807) is 30.3 Å². The predicted molar refractivity (Wildman–Crippen MR) is 111 cm³/mol. The number of nitrogens with one attached hydrogen (secondary N) is 1. The van der Waals surface area contributed by atoms with E-state index in [1.807, 2.05) is 0 Å². The lowest BCUT2D eigenvalue weighted by molar-refractivity contribution is -0.148. The first-order valence-corrected chi connectivity index (χ1v) is 10.2. The summed E-state index contributed by atoms with van der Waals surface area (Å²) in [5.74, 6) is -2.79. The highest BCUT2D eigenvalue weighted by atomic mass is 19.4. The second-order valence-electron chi connectivity index (χ2n) is 7.95. The number of carbonyl (C=O) groups is 2. The second-order valence-corrected chi connectivity index (χ2v) is 7.95. The molecule has 4 rings (SSSR count). The van der Waals surface area contributed by atoms with Crippen molar-refractivity contribution < 1.29 is 37.0 Å². The summed E-state index contributed by atoms with van der Waals surface area (Å²) in [6.07, 6.45) is -3.41. The summed E-state index contributed by atoms with van der Waals surface area (Å²) in [6, 6.07) is 12.2. The molecular weight excluding hydrogens is 442 g/mol. The molecule has 3 aromatic rings. The van der Waals surface area contributed by atoms with Crippen LogP contribution in [0.25, 0.3) is 10.8 Å². The number of halogens is 4. The molecule has 1 amide bonds. The van der Waals surface area contributed by atoms with Crippen LogP contribution < -0.4 is 10.1 Å². The van der Waals surface area contributed by atoms with E-state index < -0.39 is 41.6 Å². The minimum atomic E-state index is -4.68. The number of hydrogen-bond acceptors (Lipinski definition) is 3. The molecule has 1 saturated carbocycles. The van der Waals surface area contributed by atoms with Crippen molar-refractivity contribution in [2.75, 3.05) is 0 Å². The third-order valence-electron chi connectivity index (χ3n) is 5.85. The maximum absolute atomic E-state index is 14.3. The van der Waals surface area contributed by atoms with Gasteiger partial charge in [0, 0.05) is 10.9 Å². The lowest BCUT2D eigenvalue weighted by Gasteiger charge is -2.38. The van der Waals surface area contributed by atoms with Crippen LogP contribution in [0.4, 0.5) is 17.6 Å². The molecular formula is C24H19F4NO4. The van der Waals surface area contributed by atoms with E-state index in [4.69, 9.17) is 4.74 Å². The Bertz CT molecular complexity index is 1230. The molecule has 1 aliphatic rings. The summed E-state index contributed by atoms with van der Waals surface area (Å²) >= 11 is 0. The summed E-state index contributed by atoms with van der Waals surface area (Å²) < 4.78 is 58.5. The molecule has 1 fully saturated rings. The number of amides is 1. The molecule has 0 unspecified atom stereocenters. The van der Waals surface area contributed by atoms with Crippen LogP contribution in [0.5, 0.6) is 5.75 Å². The number of rotatable bonds is 6. The van der Waals surface area contributed by atoms with Crippen molar-refractivity contribution in [1.29, 1.82) is 0 Å². The molecule has 33 heavy (non-hydrogen) atoms. The van der Waals surface area contributed by atoms with Crippen LogP contribution in [0, 0.1) is 5.82 Å². The average Bonchev–Trinajstić information content (AvgIpc) is 2.74. The lowest BCUT2D eigenvalue weighted by atomic mass is 9.76. The number of hydrogen-bond donors (Lipinski definition) is 2. The number of benzene rings is 3. The second kappa shape index (κ2) is 8.38. The molecule has 0 heterocycles. The van der Waals surface area contributed by atoms with Crippen LogP contribution in [-0.4, -0.2) is 22.5 Å². The van der Waals surface area contributed by atoms with Gasteiger partial charge in [0.25, 0.3) is 5.91 Å². The van der Waals surface area contributed by atoms with Gasteiger partial charge in [-0.15, -0.1) is 0 Å². The van der Waals surface area contributed by atoms with Crippen molar-refractivity contribution in [2.45, 2.75) is 37.6 Å². The van der Waals surface area contributed by atoms with Gasteiger partial charge in [-0.1, -0.05) is 36.4 Å². The van der Waals surface area contributed by atoms with Crippen LogP contribution in [0.2, 0.25) is 0 Å². The molecule has 0 spiro atoms. The minimum Gasteiger partial charge on any atom is -0.487 e. The van der Waals surface area contributed by atoms with E-state index in [-0.39, 0.29) is 16.9 Å². The van der Waals surface area contributed by atoms with Crippen LogP contribution in [0.15, 0.2) is 54.6 Å². The van der Waals surface area contributed by atoms with Crippen molar-refractivity contribution in [2.24, 2.45) is 0 Å². The highest BCUT2D eigenvalue weighted by Crippen LogP contribution is 2.35. The Morgan fingerprint density at radius 2 is 1.79 bits per heavy atom. The van der Waals surface area contributed by atoms with Gasteiger partial charge in [0.05, 0.1) is 11.1 Å². The molecule has 9 heteroatoms. The molecule has 0 aromatic heterocycles. The van der Waals surface area contributed by atoms with E-state index in [0.717, 1.165) is 12.1 Å². The fraction of sp³-hybridized carbons (Fsp3) is 0.250. The Morgan fingerprint density at radius 1 is 1.06 bits per heavy atom. The number of carboxylic acid groups (broad SMARTS) is 1. The van der Waals surface area contributed by atoms with Gasteiger partial charge in [-0.05, 0) is 42.8 Å². The third kappa shape index (κ3) is 4.35. The molecule has 2 N–H and O–H groups in total. The smallest absolute Gasteiger partial charge is 0.416 e. The summed E-state index contributed by atoms with van der Waals surface area (Å²) in [5, 5.41) is 13.3. The van der Waals surface area contributed by atoms with E-state index in [0.29, 0.717) is 36.1 Å². The largest absolute Gasteiger partial charge is 0.487 e. The number of carboxylic acids is 1. The molecule has 3 aromatic carbocycles. The molecule has 0 radical (unpaired) electrons. The van der Waals surface area contributed by atoms with Crippen LogP contribution in [0.1, 0.15) is 40.7 Å². The van der Waals surface area contributed by atoms with Crippen molar-refractivity contribution in [3.8, 4) is 5.75 Å². The normalized spacial score (nSPS) is 15.0. The fourth-order valence-corrected chi connectivity index (χ4v) is 3.78. The zero-order valence-electron chi connectivity index (χ0n) is 17.2. The number of alkyl halides is 3. The molecule has 172 valence electrons. The van der Waals surface area contributed by atoms with Gasteiger partial charge in [-0.3, -0.25) is 4.79 Å². The zero-order valence-corrected chi connectivity index (χ0v) is 17.2. The molecule has 1 aliphatic carbocycles. The van der Waals surface area contributed by atoms with Crippen LogP contribution in [-0.2, 0) is 17.6 Å². The third-order valence-corrected chi connectivity index (χ3v) is 5.85. The van der Waals surface area contributed by atoms with Crippen LogP contribution in [0.3, 0.4) is 0 Å². The van der Waals surface area contributed by atoms with Crippen LogP contribution >= 0.6 is 0 Å². The first-order chi connectivity index (χ1) is 15.6. The van der Waals surface area contributed by atoms with Crippen molar-refractivity contribution >= 4 is 22.6 Å². The maximum Gasteiger partial charge on any atom is 0.416 e. The highest BCUT2D eigenvalue weighted by Gasteiger charge is 2.46. The Morgan fingerprint density at radius 3 is 2.39 bits per heavy atom. The van der Waals surface area contributed by atoms with E-state index in [9.17, 15) is 32.3 Å².